The van der Waals surface area contributed by atoms with Crippen LogP contribution in [0.25, 0.3) is 0 Å². The number of nitrogens with one attached hydrogen (secondary N) is 1. The largest absolute Gasteiger partial charge is 0.454 e. The van der Waals surface area contributed by atoms with Gasteiger partial charge < -0.3 is 24.6 Å². The molecule has 4 rings (SSSR count). The first kappa shape index (κ1) is 24.2. The van der Waals surface area contributed by atoms with E-state index < -0.39 is 17.7 Å². The molecule has 0 fully saturated rings. The van der Waals surface area contributed by atoms with Crippen molar-refractivity contribution in [3.63, 3.8) is 0 Å². The number of urea groups is 1. The number of nitrogens with zero attached hydrogens (tertiary/aromatic N) is 2. The molecule has 2 heterocycles. The highest BCUT2D eigenvalue weighted by Crippen LogP contribution is 2.33. The van der Waals surface area contributed by atoms with E-state index in [0.29, 0.717) is 24.1 Å². The lowest BCUT2D eigenvalue weighted by Gasteiger charge is -2.27. The van der Waals surface area contributed by atoms with Gasteiger partial charge in [0.25, 0.3) is 0 Å². The molecule has 3 amide bonds. The molecular weight excluding hydrogens is 476 g/mol. The summed E-state index contributed by atoms with van der Waals surface area (Å²) in [5.74, 6) is -0.726. The summed E-state index contributed by atoms with van der Waals surface area (Å²) in [4.78, 5) is 30.0. The van der Waals surface area contributed by atoms with Crippen molar-refractivity contribution in [2.75, 3.05) is 25.2 Å². The Morgan fingerprint density at radius 1 is 1.06 bits per heavy atom. The number of hydrogen-bond acceptors (Lipinski definition) is 5. The van der Waals surface area contributed by atoms with E-state index in [1.807, 2.05) is 29.6 Å². The Kier molecular flexibility index (Phi) is 7.61. The monoisotopic (exact) mass is 499 g/mol. The zero-order valence-electron chi connectivity index (χ0n) is 18.7. The van der Waals surface area contributed by atoms with Gasteiger partial charge in [0.1, 0.15) is 18.2 Å². The average molecular weight is 500 g/mol. The molecule has 7 nitrogen and oxygen atoms in total. The molecule has 10 heteroatoms. The Hall–Kier alpha value is -3.92. The fourth-order valence-corrected chi connectivity index (χ4v) is 4.23. The van der Waals surface area contributed by atoms with Crippen LogP contribution >= 0.6 is 11.3 Å². The molecule has 0 saturated carbocycles. The van der Waals surface area contributed by atoms with E-state index in [1.54, 1.807) is 11.0 Å². The molecule has 0 unspecified atom stereocenters. The molecule has 1 N–H and O–H groups in total. The summed E-state index contributed by atoms with van der Waals surface area (Å²) in [7, 11) is 0. The van der Waals surface area contributed by atoms with E-state index in [0.717, 1.165) is 22.6 Å². The van der Waals surface area contributed by atoms with E-state index in [-0.39, 0.29) is 38.0 Å². The van der Waals surface area contributed by atoms with Crippen molar-refractivity contribution >= 4 is 29.0 Å². The van der Waals surface area contributed by atoms with Gasteiger partial charge in [-0.15, -0.1) is 17.9 Å². The zero-order chi connectivity index (χ0) is 24.8. The highest BCUT2D eigenvalue weighted by Gasteiger charge is 2.23. The number of anilines is 1. The lowest BCUT2D eigenvalue weighted by Crippen LogP contribution is -2.44. The van der Waals surface area contributed by atoms with Crippen molar-refractivity contribution in [1.29, 1.82) is 0 Å². The van der Waals surface area contributed by atoms with E-state index >= 15 is 0 Å². The van der Waals surface area contributed by atoms with Crippen LogP contribution in [0, 0.1) is 11.6 Å². The zero-order valence-corrected chi connectivity index (χ0v) is 19.5. The third kappa shape index (κ3) is 6.15. The van der Waals surface area contributed by atoms with Gasteiger partial charge in [0.15, 0.2) is 11.5 Å². The SMILES string of the molecule is C=CCN(CC(=O)N(Cc1ccc2c(c1)OCO2)Cc1cccs1)C(=O)Nc1ccc(F)cc1F. The second-order valence-electron chi connectivity index (χ2n) is 7.74. The Morgan fingerprint density at radius 2 is 1.89 bits per heavy atom. The first-order valence-corrected chi connectivity index (χ1v) is 11.6. The maximum absolute atomic E-state index is 14.0. The molecular formula is C25H23F2N3O4S. The summed E-state index contributed by atoms with van der Waals surface area (Å²) >= 11 is 1.52. The normalized spacial score (nSPS) is 11.7. The first-order valence-electron chi connectivity index (χ1n) is 10.7. The Bertz CT molecular complexity index is 1220. The van der Waals surface area contributed by atoms with Crippen LogP contribution in [0.2, 0.25) is 0 Å². The van der Waals surface area contributed by atoms with Crippen LogP contribution in [0.3, 0.4) is 0 Å². The van der Waals surface area contributed by atoms with Crippen molar-refractivity contribution in [1.82, 2.24) is 9.80 Å². The van der Waals surface area contributed by atoms with Gasteiger partial charge in [-0.2, -0.15) is 0 Å². The molecule has 35 heavy (non-hydrogen) atoms. The molecule has 0 aliphatic carbocycles. The van der Waals surface area contributed by atoms with E-state index in [9.17, 15) is 18.4 Å². The van der Waals surface area contributed by atoms with Crippen molar-refractivity contribution < 1.29 is 27.8 Å². The molecule has 0 saturated heterocycles. The van der Waals surface area contributed by atoms with Crippen LogP contribution in [0.5, 0.6) is 11.5 Å². The van der Waals surface area contributed by atoms with E-state index in [4.69, 9.17) is 9.47 Å². The molecule has 1 aromatic heterocycles. The lowest BCUT2D eigenvalue weighted by atomic mass is 10.2. The maximum Gasteiger partial charge on any atom is 0.322 e. The van der Waals surface area contributed by atoms with Crippen LogP contribution in [0.4, 0.5) is 19.3 Å². The van der Waals surface area contributed by atoms with Gasteiger partial charge in [-0.05, 0) is 41.3 Å². The molecule has 1 aliphatic rings. The van der Waals surface area contributed by atoms with Gasteiger partial charge in [0.2, 0.25) is 12.7 Å². The Balaban J connectivity index is 1.49. The van der Waals surface area contributed by atoms with Crippen LogP contribution in [0.1, 0.15) is 10.4 Å². The van der Waals surface area contributed by atoms with E-state index in [2.05, 4.69) is 11.9 Å². The number of thiophene rings is 1. The van der Waals surface area contributed by atoms with Gasteiger partial charge in [-0.3, -0.25) is 4.79 Å². The van der Waals surface area contributed by atoms with Crippen LogP contribution in [-0.2, 0) is 17.9 Å². The number of amides is 3. The van der Waals surface area contributed by atoms with Crippen molar-refractivity contribution in [2.45, 2.75) is 13.1 Å². The standard InChI is InChI=1S/C25H23F2N3O4S/c1-2-9-29(25(32)28-21-7-6-18(26)12-20(21)27)15-24(31)30(14-19-4-3-10-35-19)13-17-5-8-22-23(11-17)34-16-33-22/h2-8,10-12H,1,9,13-16H2,(H,28,32). The molecule has 0 radical (unpaired) electrons. The van der Waals surface area contributed by atoms with Gasteiger partial charge in [-0.25, -0.2) is 13.6 Å². The predicted molar refractivity (Wildman–Crippen MR) is 128 cm³/mol. The minimum absolute atomic E-state index is 0.0528. The summed E-state index contributed by atoms with van der Waals surface area (Å²) in [6.45, 7) is 4.20. The molecule has 1 aliphatic heterocycles. The molecule has 0 atom stereocenters. The van der Waals surface area contributed by atoms with Gasteiger partial charge >= 0.3 is 6.03 Å². The van der Waals surface area contributed by atoms with Gasteiger partial charge in [-0.1, -0.05) is 18.2 Å². The molecule has 0 spiro atoms. The molecule has 2 aromatic carbocycles. The number of fused-ring (bicyclic) bond motifs is 1. The third-order valence-corrected chi connectivity index (χ3v) is 6.09. The fourth-order valence-electron chi connectivity index (χ4n) is 3.51. The second-order valence-corrected chi connectivity index (χ2v) is 8.77. The van der Waals surface area contributed by atoms with E-state index in [1.165, 1.54) is 22.3 Å². The predicted octanol–water partition coefficient (Wildman–Crippen LogP) is 5.00. The van der Waals surface area contributed by atoms with Crippen molar-refractivity contribution in [3.05, 3.63) is 88.6 Å². The number of carbonyl (C=O) groups excluding carboxylic acids is 2. The first-order chi connectivity index (χ1) is 16.9. The quantitative estimate of drug-likeness (QED) is 0.421. The summed E-state index contributed by atoms with van der Waals surface area (Å²) < 4.78 is 38.0. The maximum atomic E-state index is 14.0. The van der Waals surface area contributed by atoms with Crippen LogP contribution < -0.4 is 14.8 Å². The fraction of sp³-hybridized carbons (Fsp3) is 0.200. The number of ether oxygens (including phenoxy) is 2. The van der Waals surface area contributed by atoms with Gasteiger partial charge in [0, 0.05) is 24.0 Å². The minimum Gasteiger partial charge on any atom is -0.454 e. The number of halogens is 2. The van der Waals surface area contributed by atoms with Crippen molar-refractivity contribution in [2.24, 2.45) is 0 Å². The van der Waals surface area contributed by atoms with Crippen molar-refractivity contribution in [3.8, 4) is 11.5 Å². The molecule has 182 valence electrons. The minimum atomic E-state index is -0.912. The Morgan fingerprint density at radius 3 is 2.63 bits per heavy atom. The van der Waals surface area contributed by atoms with Crippen LogP contribution in [0.15, 0.2) is 66.6 Å². The average Bonchev–Trinajstić information content (AvgIpc) is 3.51. The third-order valence-electron chi connectivity index (χ3n) is 5.23. The highest BCUT2D eigenvalue weighted by atomic mass is 32.1. The molecule has 3 aromatic rings. The van der Waals surface area contributed by atoms with Crippen LogP contribution in [-0.4, -0.2) is 41.6 Å². The smallest absolute Gasteiger partial charge is 0.322 e. The highest BCUT2D eigenvalue weighted by molar-refractivity contribution is 7.09. The second kappa shape index (κ2) is 11.0. The van der Waals surface area contributed by atoms with Gasteiger partial charge in [0.05, 0.1) is 12.2 Å². The topological polar surface area (TPSA) is 71.1 Å². The molecule has 0 bridgehead atoms. The lowest BCUT2D eigenvalue weighted by molar-refractivity contribution is -0.132. The number of hydrogen-bond donors (Lipinski definition) is 1. The number of carbonyl (C=O) groups is 2. The number of benzene rings is 2. The Labute approximate surface area is 205 Å². The summed E-state index contributed by atoms with van der Waals surface area (Å²) in [5, 5.41) is 4.31. The number of rotatable bonds is 9. The summed E-state index contributed by atoms with van der Waals surface area (Å²) in [6.07, 6.45) is 1.47. The summed E-state index contributed by atoms with van der Waals surface area (Å²) in [6, 6.07) is 11.4. The summed E-state index contributed by atoms with van der Waals surface area (Å²) in [5.41, 5.74) is 0.654.